The van der Waals surface area contributed by atoms with Crippen molar-refractivity contribution in [2.75, 3.05) is 19.8 Å². The molecule has 2 aromatic rings. The zero-order valence-electron chi connectivity index (χ0n) is 17.8. The Morgan fingerprint density at radius 1 is 0.867 bits per heavy atom. The van der Waals surface area contributed by atoms with Gasteiger partial charge in [-0.2, -0.15) is 5.26 Å². The fourth-order valence-corrected chi connectivity index (χ4v) is 4.68. The Morgan fingerprint density at radius 3 is 2.10 bits per heavy atom. The highest BCUT2D eigenvalue weighted by Crippen LogP contribution is 2.41. The number of rotatable bonds is 6. The van der Waals surface area contributed by atoms with Gasteiger partial charge in [-0.05, 0) is 73.8 Å². The molecule has 2 fully saturated rings. The van der Waals surface area contributed by atoms with Crippen LogP contribution >= 0.6 is 0 Å². The molecule has 2 aliphatic rings. The molecule has 158 valence electrons. The first-order valence-electron chi connectivity index (χ1n) is 11.2. The summed E-state index contributed by atoms with van der Waals surface area (Å²) >= 11 is 0. The van der Waals surface area contributed by atoms with Gasteiger partial charge in [0.25, 0.3) is 0 Å². The van der Waals surface area contributed by atoms with Crippen LogP contribution in [0.1, 0.15) is 67.9 Å². The molecule has 0 amide bonds. The lowest BCUT2D eigenvalue weighted by molar-refractivity contribution is -0.214. The second kappa shape index (κ2) is 10.1. The van der Waals surface area contributed by atoms with Gasteiger partial charge in [0.2, 0.25) is 0 Å². The Labute approximate surface area is 179 Å². The monoisotopic (exact) mass is 405 g/mol. The van der Waals surface area contributed by atoms with Crippen molar-refractivity contribution < 1.29 is 14.2 Å². The molecule has 1 heterocycles. The number of ether oxygens (including phenoxy) is 3. The summed E-state index contributed by atoms with van der Waals surface area (Å²) < 4.78 is 17.8. The maximum atomic E-state index is 8.93. The van der Waals surface area contributed by atoms with Crippen LogP contribution in [-0.2, 0) is 9.47 Å². The quantitative estimate of drug-likeness (QED) is 0.593. The van der Waals surface area contributed by atoms with E-state index < -0.39 is 0 Å². The molecule has 1 aliphatic carbocycles. The van der Waals surface area contributed by atoms with Crippen LogP contribution in [0.2, 0.25) is 0 Å². The Balaban J connectivity index is 1.24. The van der Waals surface area contributed by atoms with Crippen molar-refractivity contribution in [2.24, 2.45) is 11.8 Å². The van der Waals surface area contributed by atoms with E-state index in [9.17, 15) is 0 Å². The van der Waals surface area contributed by atoms with Gasteiger partial charge >= 0.3 is 0 Å². The van der Waals surface area contributed by atoms with Gasteiger partial charge in [-0.15, -0.1) is 0 Å². The molecule has 0 atom stereocenters. The van der Waals surface area contributed by atoms with E-state index in [0.717, 1.165) is 37.6 Å². The topological polar surface area (TPSA) is 51.5 Å². The molecule has 0 unspecified atom stereocenters. The molecule has 2 aromatic carbocycles. The van der Waals surface area contributed by atoms with Crippen LogP contribution < -0.4 is 4.74 Å². The number of benzene rings is 2. The molecule has 0 spiro atoms. The summed E-state index contributed by atoms with van der Waals surface area (Å²) in [4.78, 5) is 0. The van der Waals surface area contributed by atoms with Crippen LogP contribution in [0.3, 0.4) is 0 Å². The van der Waals surface area contributed by atoms with Gasteiger partial charge in [0.1, 0.15) is 5.75 Å². The van der Waals surface area contributed by atoms with E-state index >= 15 is 0 Å². The summed E-state index contributed by atoms with van der Waals surface area (Å²) in [5.41, 5.74) is 3.09. The van der Waals surface area contributed by atoms with Crippen molar-refractivity contribution >= 4 is 0 Å². The van der Waals surface area contributed by atoms with Crippen molar-refractivity contribution in [1.82, 2.24) is 0 Å². The van der Waals surface area contributed by atoms with Crippen LogP contribution in [0.25, 0.3) is 0 Å². The highest BCUT2D eigenvalue weighted by molar-refractivity contribution is 5.32. The zero-order chi connectivity index (χ0) is 20.8. The first-order chi connectivity index (χ1) is 14.8. The third-order valence-corrected chi connectivity index (χ3v) is 6.50. The first-order valence-corrected chi connectivity index (χ1v) is 11.2. The van der Waals surface area contributed by atoms with Crippen LogP contribution in [0.5, 0.6) is 5.75 Å². The standard InChI is InChI=1S/C26H31NO3/c1-2-15-28-25-13-11-21(12-14-25)20-7-9-22(10-8-20)24-17-29-26(30-18-24)23-5-3-19(16-27)4-6-23/h3-6,11-14,20,22,24,26H,2,7-10,15,17-18H2,1H3/t20?,22?,24-,26-. The lowest BCUT2D eigenvalue weighted by atomic mass is 9.74. The third kappa shape index (κ3) is 5.03. The molecule has 0 N–H and O–H groups in total. The number of nitriles is 1. The van der Waals surface area contributed by atoms with E-state index in [1.165, 1.54) is 31.2 Å². The van der Waals surface area contributed by atoms with E-state index in [4.69, 9.17) is 19.5 Å². The molecule has 1 saturated carbocycles. The molecule has 0 bridgehead atoms. The summed E-state index contributed by atoms with van der Waals surface area (Å²) in [6.07, 6.45) is 5.66. The largest absolute Gasteiger partial charge is 0.494 e. The Hall–Kier alpha value is -2.35. The van der Waals surface area contributed by atoms with Gasteiger partial charge in [-0.3, -0.25) is 0 Å². The number of nitrogens with zero attached hydrogens (tertiary/aromatic N) is 1. The SMILES string of the molecule is CCCOc1ccc(C2CCC([C@H]3CO[C@H](c4ccc(C#N)cc4)OC3)CC2)cc1. The van der Waals surface area contributed by atoms with E-state index in [-0.39, 0.29) is 6.29 Å². The normalized spacial score (nSPS) is 26.7. The second-order valence-corrected chi connectivity index (χ2v) is 8.52. The lowest BCUT2D eigenvalue weighted by Gasteiger charge is -2.38. The molecular weight excluding hydrogens is 374 g/mol. The fraction of sp³-hybridized carbons (Fsp3) is 0.500. The van der Waals surface area contributed by atoms with Crippen molar-refractivity contribution in [1.29, 1.82) is 5.26 Å². The minimum Gasteiger partial charge on any atom is -0.494 e. The van der Waals surface area contributed by atoms with Gasteiger partial charge in [-0.25, -0.2) is 0 Å². The molecule has 30 heavy (non-hydrogen) atoms. The summed E-state index contributed by atoms with van der Waals surface area (Å²) in [5.74, 6) is 2.78. The van der Waals surface area contributed by atoms with Crippen LogP contribution in [-0.4, -0.2) is 19.8 Å². The highest BCUT2D eigenvalue weighted by atomic mass is 16.7. The molecule has 4 nitrogen and oxygen atoms in total. The first kappa shape index (κ1) is 20.9. The zero-order valence-corrected chi connectivity index (χ0v) is 17.8. The van der Waals surface area contributed by atoms with E-state index in [1.54, 1.807) is 0 Å². The smallest absolute Gasteiger partial charge is 0.183 e. The molecule has 0 aromatic heterocycles. The maximum Gasteiger partial charge on any atom is 0.183 e. The van der Waals surface area contributed by atoms with Crippen LogP contribution in [0.4, 0.5) is 0 Å². The van der Waals surface area contributed by atoms with Gasteiger partial charge in [0.05, 0.1) is 31.5 Å². The summed E-state index contributed by atoms with van der Waals surface area (Å²) in [6.45, 7) is 4.41. The Morgan fingerprint density at radius 2 is 1.50 bits per heavy atom. The minimum absolute atomic E-state index is 0.307. The number of hydrogen-bond donors (Lipinski definition) is 0. The summed E-state index contributed by atoms with van der Waals surface area (Å²) in [6, 6.07) is 18.3. The van der Waals surface area contributed by atoms with Crippen LogP contribution in [0, 0.1) is 23.2 Å². The predicted octanol–water partition coefficient (Wildman–Crippen LogP) is 5.98. The summed E-state index contributed by atoms with van der Waals surface area (Å²) in [5, 5.41) is 8.93. The average Bonchev–Trinajstić information content (AvgIpc) is 2.83. The lowest BCUT2D eigenvalue weighted by Crippen LogP contribution is -2.34. The van der Waals surface area contributed by atoms with Gasteiger partial charge in [0.15, 0.2) is 6.29 Å². The average molecular weight is 406 g/mol. The predicted molar refractivity (Wildman–Crippen MR) is 116 cm³/mol. The van der Waals surface area contributed by atoms with E-state index in [2.05, 4.69) is 37.3 Å². The van der Waals surface area contributed by atoms with Crippen LogP contribution in [0.15, 0.2) is 48.5 Å². The maximum absolute atomic E-state index is 8.93. The Bertz CT molecular complexity index is 824. The minimum atomic E-state index is -0.307. The highest BCUT2D eigenvalue weighted by Gasteiger charge is 2.32. The molecule has 4 rings (SSSR count). The van der Waals surface area contributed by atoms with E-state index in [1.807, 2.05) is 24.3 Å². The van der Waals surface area contributed by atoms with Gasteiger partial charge in [0, 0.05) is 11.5 Å². The molecule has 1 aliphatic heterocycles. The van der Waals surface area contributed by atoms with Gasteiger partial charge < -0.3 is 14.2 Å². The third-order valence-electron chi connectivity index (χ3n) is 6.50. The molecule has 1 saturated heterocycles. The Kier molecular flexibility index (Phi) is 7.04. The van der Waals surface area contributed by atoms with Crippen molar-refractivity contribution in [3.63, 3.8) is 0 Å². The molecule has 4 heteroatoms. The van der Waals surface area contributed by atoms with Crippen molar-refractivity contribution in [3.8, 4) is 11.8 Å². The van der Waals surface area contributed by atoms with E-state index in [0.29, 0.717) is 23.3 Å². The summed E-state index contributed by atoms with van der Waals surface area (Å²) in [7, 11) is 0. The van der Waals surface area contributed by atoms with Gasteiger partial charge in [-0.1, -0.05) is 31.2 Å². The van der Waals surface area contributed by atoms with Crippen molar-refractivity contribution in [3.05, 3.63) is 65.2 Å². The molecular formula is C26H31NO3. The van der Waals surface area contributed by atoms with Crippen molar-refractivity contribution in [2.45, 2.75) is 51.2 Å². The number of hydrogen-bond acceptors (Lipinski definition) is 4. The fourth-order valence-electron chi connectivity index (χ4n) is 4.68. The molecule has 0 radical (unpaired) electrons. The second-order valence-electron chi connectivity index (χ2n) is 8.52.